The number of carbonyl (C=O) groups excluding carboxylic acids is 2. The molecule has 1 heterocycles. The largest absolute Gasteiger partial charge is 0.488 e. The van der Waals surface area contributed by atoms with E-state index in [1.807, 2.05) is 84.0 Å². The number of carbonyl (C=O) groups is 2. The molecular formula is C29H40N4O6S. The summed E-state index contributed by atoms with van der Waals surface area (Å²) in [6.45, 7) is 12.6. The summed E-state index contributed by atoms with van der Waals surface area (Å²) in [5, 5.41) is 2.73. The Morgan fingerprint density at radius 3 is 2.30 bits per heavy atom. The first-order valence-electron chi connectivity index (χ1n) is 13.4. The Kier molecular flexibility index (Phi) is 11.2. The van der Waals surface area contributed by atoms with Crippen LogP contribution in [-0.4, -0.2) is 69.9 Å². The molecule has 0 bridgehead atoms. The van der Waals surface area contributed by atoms with Gasteiger partial charge in [-0.3, -0.25) is 4.79 Å². The molecule has 1 aromatic heterocycles. The number of nitrogens with one attached hydrogen (secondary N) is 1. The molecule has 0 spiro atoms. The van der Waals surface area contributed by atoms with E-state index in [9.17, 15) is 9.59 Å². The minimum Gasteiger partial charge on any atom is -0.488 e. The monoisotopic (exact) mass is 572 g/mol. The van der Waals surface area contributed by atoms with E-state index in [0.29, 0.717) is 13.2 Å². The van der Waals surface area contributed by atoms with Gasteiger partial charge >= 0.3 is 6.09 Å². The molecule has 40 heavy (non-hydrogen) atoms. The number of methoxy groups -OCH3 is 1. The summed E-state index contributed by atoms with van der Waals surface area (Å²) in [6, 6.07) is 11.8. The Labute approximate surface area is 240 Å². The number of aromatic nitrogens is 2. The van der Waals surface area contributed by atoms with Crippen molar-refractivity contribution >= 4 is 34.8 Å². The van der Waals surface area contributed by atoms with Crippen LogP contribution in [0.15, 0.2) is 42.5 Å². The van der Waals surface area contributed by atoms with Crippen molar-refractivity contribution in [3.05, 3.63) is 53.6 Å². The van der Waals surface area contributed by atoms with E-state index < -0.39 is 24.5 Å². The molecule has 2 aromatic carbocycles. The lowest BCUT2D eigenvalue weighted by Crippen LogP contribution is -2.55. The van der Waals surface area contributed by atoms with Gasteiger partial charge in [0.2, 0.25) is 5.91 Å². The smallest absolute Gasteiger partial charge is 0.407 e. The standard InChI is InChI=1S/C29H40N4O6S/c1-8-37-27(38-9-2)19(3)33(18-21-11-10-12-23-25(21)32-40-31-23)26(34)24(30-28(35)36-7)17-20-13-15-22(16-14-20)39-29(4,5)6/h10-16,19,24,27H,8-9,17-18H2,1-7H3,(H,30,35)/t19-,24-/m0/s1. The highest BCUT2D eigenvalue weighted by molar-refractivity contribution is 7.00. The van der Waals surface area contributed by atoms with Crippen molar-refractivity contribution in [2.45, 2.75) is 78.5 Å². The van der Waals surface area contributed by atoms with Crippen molar-refractivity contribution in [1.82, 2.24) is 19.0 Å². The third kappa shape index (κ3) is 8.61. The van der Waals surface area contributed by atoms with E-state index >= 15 is 0 Å². The Morgan fingerprint density at radius 1 is 1.02 bits per heavy atom. The molecule has 0 saturated carbocycles. The third-order valence-electron chi connectivity index (χ3n) is 6.10. The SMILES string of the molecule is CCOC(OCC)[C@H](C)N(Cc1cccc2nsnc12)C(=O)[C@H](Cc1ccc(OC(C)(C)C)cc1)NC(=O)OC. The van der Waals surface area contributed by atoms with Gasteiger partial charge in [-0.05, 0) is 65.3 Å². The van der Waals surface area contributed by atoms with Crippen molar-refractivity contribution in [2.75, 3.05) is 20.3 Å². The maximum absolute atomic E-state index is 14.3. The van der Waals surface area contributed by atoms with Crippen molar-refractivity contribution < 1.29 is 28.5 Å². The molecular weight excluding hydrogens is 532 g/mol. The quantitative estimate of drug-likeness (QED) is 0.286. The number of fused-ring (bicyclic) bond motifs is 1. The fourth-order valence-corrected chi connectivity index (χ4v) is 4.85. The summed E-state index contributed by atoms with van der Waals surface area (Å²) in [4.78, 5) is 28.3. The lowest BCUT2D eigenvalue weighted by atomic mass is 10.0. The maximum atomic E-state index is 14.3. The zero-order valence-electron chi connectivity index (χ0n) is 24.3. The number of rotatable bonds is 13. The topological polar surface area (TPSA) is 112 Å². The molecule has 0 radical (unpaired) electrons. The van der Waals surface area contributed by atoms with Crippen LogP contribution in [0.2, 0.25) is 0 Å². The summed E-state index contributed by atoms with van der Waals surface area (Å²) in [7, 11) is 1.27. The first-order valence-corrected chi connectivity index (χ1v) is 14.2. The molecule has 2 atom stereocenters. The predicted octanol–water partition coefficient (Wildman–Crippen LogP) is 4.95. The van der Waals surface area contributed by atoms with E-state index in [0.717, 1.165) is 39.6 Å². The fraction of sp³-hybridized carbons (Fsp3) is 0.517. The third-order valence-corrected chi connectivity index (χ3v) is 6.65. The van der Waals surface area contributed by atoms with Crippen LogP contribution in [0.3, 0.4) is 0 Å². The van der Waals surface area contributed by atoms with Crippen LogP contribution >= 0.6 is 11.7 Å². The Morgan fingerprint density at radius 2 is 1.70 bits per heavy atom. The Hall–Kier alpha value is -3.28. The summed E-state index contributed by atoms with van der Waals surface area (Å²) in [5.74, 6) is 0.411. The van der Waals surface area contributed by atoms with Gasteiger partial charge in [-0.2, -0.15) is 8.75 Å². The van der Waals surface area contributed by atoms with Gasteiger partial charge in [0.25, 0.3) is 0 Å². The van der Waals surface area contributed by atoms with Gasteiger partial charge < -0.3 is 29.2 Å². The molecule has 0 aliphatic carbocycles. The second-order valence-corrected chi connectivity index (χ2v) is 10.8. The molecule has 0 aliphatic heterocycles. The average Bonchev–Trinajstić information content (AvgIpc) is 3.40. The predicted molar refractivity (Wildman–Crippen MR) is 154 cm³/mol. The van der Waals surface area contributed by atoms with Crippen molar-refractivity contribution in [1.29, 1.82) is 0 Å². The number of nitrogens with zero attached hydrogens (tertiary/aromatic N) is 3. The second kappa shape index (κ2) is 14.4. The van der Waals surface area contributed by atoms with Gasteiger partial charge in [0.1, 0.15) is 28.4 Å². The van der Waals surface area contributed by atoms with E-state index in [1.165, 1.54) is 7.11 Å². The number of ether oxygens (including phenoxy) is 4. The van der Waals surface area contributed by atoms with Crippen LogP contribution in [0.1, 0.15) is 52.7 Å². The summed E-state index contributed by atoms with van der Waals surface area (Å²) >= 11 is 1.12. The van der Waals surface area contributed by atoms with Gasteiger partial charge in [-0.15, -0.1) is 0 Å². The maximum Gasteiger partial charge on any atom is 0.407 e. The first-order chi connectivity index (χ1) is 19.1. The lowest BCUT2D eigenvalue weighted by molar-refractivity contribution is -0.179. The molecule has 3 rings (SSSR count). The number of benzene rings is 2. The first kappa shape index (κ1) is 31.3. The highest BCUT2D eigenvalue weighted by Crippen LogP contribution is 2.23. The highest BCUT2D eigenvalue weighted by atomic mass is 32.1. The molecule has 3 aromatic rings. The number of amides is 2. The minimum absolute atomic E-state index is 0.219. The molecule has 0 unspecified atom stereocenters. The average molecular weight is 573 g/mol. The van der Waals surface area contributed by atoms with Gasteiger partial charge in [-0.25, -0.2) is 4.79 Å². The second-order valence-electron chi connectivity index (χ2n) is 10.3. The molecule has 0 aliphatic rings. The van der Waals surface area contributed by atoms with Crippen molar-refractivity contribution in [3.8, 4) is 5.75 Å². The van der Waals surface area contributed by atoms with Gasteiger partial charge in [0.15, 0.2) is 6.29 Å². The van der Waals surface area contributed by atoms with Gasteiger partial charge in [0, 0.05) is 31.7 Å². The van der Waals surface area contributed by atoms with Crippen LogP contribution in [-0.2, 0) is 32.0 Å². The normalized spacial score (nSPS) is 13.2. The highest BCUT2D eigenvalue weighted by Gasteiger charge is 2.34. The van der Waals surface area contributed by atoms with Crippen LogP contribution in [0.25, 0.3) is 11.0 Å². The summed E-state index contributed by atoms with van der Waals surface area (Å²) in [6.07, 6.45) is -1.13. The zero-order chi connectivity index (χ0) is 29.3. The molecule has 0 fully saturated rings. The number of hydrogen-bond acceptors (Lipinski definition) is 9. The van der Waals surface area contributed by atoms with Gasteiger partial charge in [0.05, 0.1) is 24.9 Å². The number of hydrogen-bond donors (Lipinski definition) is 1. The van der Waals surface area contributed by atoms with Crippen LogP contribution in [0, 0.1) is 0 Å². The van der Waals surface area contributed by atoms with Crippen molar-refractivity contribution in [2.24, 2.45) is 0 Å². The summed E-state index contributed by atoms with van der Waals surface area (Å²) in [5.41, 5.74) is 2.83. The number of alkyl carbamates (subject to hydrolysis) is 1. The Balaban J connectivity index is 1.96. The van der Waals surface area contributed by atoms with Crippen molar-refractivity contribution in [3.63, 3.8) is 0 Å². The van der Waals surface area contributed by atoms with E-state index in [2.05, 4.69) is 14.1 Å². The Bertz CT molecular complexity index is 1240. The fourth-order valence-electron chi connectivity index (χ4n) is 4.28. The molecule has 218 valence electrons. The molecule has 2 amide bonds. The molecule has 10 nitrogen and oxygen atoms in total. The molecule has 11 heteroatoms. The lowest BCUT2D eigenvalue weighted by Gasteiger charge is -2.36. The van der Waals surface area contributed by atoms with Crippen LogP contribution in [0.4, 0.5) is 4.79 Å². The van der Waals surface area contributed by atoms with Crippen LogP contribution < -0.4 is 10.1 Å². The van der Waals surface area contributed by atoms with Crippen LogP contribution in [0.5, 0.6) is 5.75 Å². The summed E-state index contributed by atoms with van der Waals surface area (Å²) < 4.78 is 31.3. The molecule has 1 N–H and O–H groups in total. The van der Waals surface area contributed by atoms with E-state index in [1.54, 1.807) is 4.90 Å². The van der Waals surface area contributed by atoms with E-state index in [4.69, 9.17) is 18.9 Å². The van der Waals surface area contributed by atoms with E-state index in [-0.39, 0.29) is 24.5 Å². The van der Waals surface area contributed by atoms with Gasteiger partial charge in [-0.1, -0.05) is 24.3 Å². The zero-order valence-corrected chi connectivity index (χ0v) is 25.1. The minimum atomic E-state index is -0.916. The molecule has 0 saturated heterocycles.